The highest BCUT2D eigenvalue weighted by molar-refractivity contribution is 8.26. The molecule has 2 N–H and O–H groups in total. The van der Waals surface area contributed by atoms with Gasteiger partial charge in [-0.2, -0.15) is 0 Å². The summed E-state index contributed by atoms with van der Waals surface area (Å²) < 4.78 is 0.486. The Hall–Kier alpha value is -1.53. The van der Waals surface area contributed by atoms with Gasteiger partial charge >= 0.3 is 0 Å². The van der Waals surface area contributed by atoms with Crippen LogP contribution in [0.4, 0.5) is 0 Å². The molecule has 0 bridgehead atoms. The van der Waals surface area contributed by atoms with E-state index >= 15 is 0 Å². The van der Waals surface area contributed by atoms with Gasteiger partial charge in [0.1, 0.15) is 15.8 Å². The van der Waals surface area contributed by atoms with Crippen LogP contribution in [0.5, 0.6) is 11.5 Å². The summed E-state index contributed by atoms with van der Waals surface area (Å²) in [4.78, 5) is 13.6. The number of thioether (sulfide) groups is 1. The van der Waals surface area contributed by atoms with Crippen LogP contribution in [0.25, 0.3) is 6.08 Å². The second-order valence-corrected chi connectivity index (χ2v) is 5.16. The van der Waals surface area contributed by atoms with Crippen molar-refractivity contribution in [2.24, 2.45) is 0 Å². The SMILES string of the molecule is CN1C(=O)C(=Cc2ccc(O)cc2O)SC1=S. The molecule has 88 valence electrons. The maximum atomic E-state index is 11.7. The molecule has 1 saturated heterocycles. The first kappa shape index (κ1) is 11.9. The Morgan fingerprint density at radius 3 is 2.65 bits per heavy atom. The number of nitrogens with zero attached hydrogens (tertiary/aromatic N) is 1. The van der Waals surface area contributed by atoms with Gasteiger partial charge in [-0.05, 0) is 18.2 Å². The summed E-state index contributed by atoms with van der Waals surface area (Å²) in [5.41, 5.74) is 0.469. The third kappa shape index (κ3) is 2.27. The molecule has 17 heavy (non-hydrogen) atoms. The molecule has 1 aromatic rings. The molecule has 0 aromatic heterocycles. The molecule has 0 saturated carbocycles. The lowest BCUT2D eigenvalue weighted by molar-refractivity contribution is -0.121. The minimum absolute atomic E-state index is 0.0253. The summed E-state index contributed by atoms with van der Waals surface area (Å²) in [7, 11) is 1.61. The number of phenolic OH excluding ortho intramolecular Hbond substituents is 2. The number of hydrogen-bond acceptors (Lipinski definition) is 5. The molecule has 1 aromatic carbocycles. The third-order valence-electron chi connectivity index (χ3n) is 2.29. The molecule has 0 radical (unpaired) electrons. The smallest absolute Gasteiger partial charge is 0.265 e. The van der Waals surface area contributed by atoms with Gasteiger partial charge in [0.25, 0.3) is 5.91 Å². The molecule has 0 atom stereocenters. The van der Waals surface area contributed by atoms with E-state index < -0.39 is 0 Å². The summed E-state index contributed by atoms with van der Waals surface area (Å²) >= 11 is 6.18. The predicted octanol–water partition coefficient (Wildman–Crippen LogP) is 1.93. The van der Waals surface area contributed by atoms with Crippen molar-refractivity contribution in [1.82, 2.24) is 4.90 Å². The van der Waals surface area contributed by atoms with Gasteiger partial charge in [0.15, 0.2) is 0 Å². The predicted molar refractivity (Wildman–Crippen MR) is 70.7 cm³/mol. The average molecular weight is 267 g/mol. The fourth-order valence-corrected chi connectivity index (χ4v) is 2.51. The van der Waals surface area contributed by atoms with Gasteiger partial charge in [-0.15, -0.1) is 0 Å². The quantitative estimate of drug-likeness (QED) is 0.601. The summed E-state index contributed by atoms with van der Waals surface area (Å²) in [5, 5.41) is 18.8. The number of phenols is 2. The molecule has 4 nitrogen and oxygen atoms in total. The van der Waals surface area contributed by atoms with Crippen molar-refractivity contribution in [3.63, 3.8) is 0 Å². The van der Waals surface area contributed by atoms with Gasteiger partial charge in [-0.3, -0.25) is 9.69 Å². The Morgan fingerprint density at radius 1 is 1.41 bits per heavy atom. The number of rotatable bonds is 1. The van der Waals surface area contributed by atoms with Crippen molar-refractivity contribution in [3.05, 3.63) is 28.7 Å². The first-order valence-electron chi connectivity index (χ1n) is 4.72. The Morgan fingerprint density at radius 2 is 2.12 bits per heavy atom. The van der Waals surface area contributed by atoms with E-state index in [9.17, 15) is 9.90 Å². The Balaban J connectivity index is 2.37. The number of carbonyl (C=O) groups excluding carboxylic acids is 1. The summed E-state index contributed by atoms with van der Waals surface area (Å²) in [6.45, 7) is 0. The first-order chi connectivity index (χ1) is 7.99. The van der Waals surface area contributed by atoms with Crippen molar-refractivity contribution in [2.45, 2.75) is 0 Å². The Labute approximate surface area is 108 Å². The van der Waals surface area contributed by atoms with E-state index in [0.29, 0.717) is 14.8 Å². The number of benzene rings is 1. The number of hydrogen-bond donors (Lipinski definition) is 2. The fraction of sp³-hybridized carbons (Fsp3) is 0.0909. The zero-order chi connectivity index (χ0) is 12.6. The Bertz CT molecular complexity index is 540. The van der Waals surface area contributed by atoms with Gasteiger partial charge in [0.2, 0.25) is 0 Å². The number of likely N-dealkylation sites (N-methyl/N-ethyl adjacent to an activating group) is 1. The monoisotopic (exact) mass is 267 g/mol. The van der Waals surface area contributed by atoms with Gasteiger partial charge in [0.05, 0.1) is 4.91 Å². The minimum Gasteiger partial charge on any atom is -0.508 e. The summed E-state index contributed by atoms with van der Waals surface area (Å²) in [6, 6.07) is 4.20. The van der Waals surface area contributed by atoms with Gasteiger partial charge in [-0.1, -0.05) is 24.0 Å². The average Bonchev–Trinajstić information content (AvgIpc) is 2.50. The summed E-state index contributed by atoms with van der Waals surface area (Å²) in [5.74, 6) is -0.290. The van der Waals surface area contributed by atoms with Crippen molar-refractivity contribution in [3.8, 4) is 11.5 Å². The maximum Gasteiger partial charge on any atom is 0.265 e. The third-order valence-corrected chi connectivity index (χ3v) is 3.77. The second-order valence-electron chi connectivity index (χ2n) is 3.48. The Kier molecular flexibility index (Phi) is 3.08. The molecule has 0 spiro atoms. The van der Waals surface area contributed by atoms with Crippen LogP contribution in [-0.4, -0.2) is 32.4 Å². The van der Waals surface area contributed by atoms with Crippen LogP contribution in [0.15, 0.2) is 23.1 Å². The van der Waals surface area contributed by atoms with Crippen molar-refractivity contribution >= 4 is 40.3 Å². The molecule has 0 unspecified atom stereocenters. The van der Waals surface area contributed by atoms with E-state index in [1.807, 2.05) is 0 Å². The molecule has 1 aliphatic rings. The normalized spacial score (nSPS) is 18.2. The molecule has 1 fully saturated rings. The van der Waals surface area contributed by atoms with Crippen molar-refractivity contribution < 1.29 is 15.0 Å². The highest BCUT2D eigenvalue weighted by Crippen LogP contribution is 2.33. The topological polar surface area (TPSA) is 60.8 Å². The number of thiocarbonyl (C=S) groups is 1. The number of amides is 1. The van der Waals surface area contributed by atoms with Gasteiger partial charge in [-0.25, -0.2) is 0 Å². The van der Waals surface area contributed by atoms with Crippen LogP contribution in [-0.2, 0) is 4.79 Å². The lowest BCUT2D eigenvalue weighted by Gasteiger charge is -2.03. The molecule has 0 aliphatic carbocycles. The van der Waals surface area contributed by atoms with Crippen LogP contribution in [0, 0.1) is 0 Å². The van der Waals surface area contributed by atoms with Gasteiger partial charge < -0.3 is 10.2 Å². The van der Waals surface area contributed by atoms with Crippen LogP contribution >= 0.6 is 24.0 Å². The highest BCUT2D eigenvalue weighted by atomic mass is 32.2. The number of carbonyl (C=O) groups is 1. The van der Waals surface area contributed by atoms with Crippen LogP contribution in [0.1, 0.15) is 5.56 Å². The highest BCUT2D eigenvalue weighted by Gasteiger charge is 2.28. The summed E-state index contributed by atoms with van der Waals surface area (Å²) in [6.07, 6.45) is 1.55. The van der Waals surface area contributed by atoms with E-state index in [-0.39, 0.29) is 17.4 Å². The van der Waals surface area contributed by atoms with Crippen LogP contribution in [0.2, 0.25) is 0 Å². The molecule has 1 heterocycles. The lowest BCUT2D eigenvalue weighted by Crippen LogP contribution is -2.22. The number of aromatic hydroxyl groups is 2. The first-order valence-corrected chi connectivity index (χ1v) is 5.95. The maximum absolute atomic E-state index is 11.7. The van der Waals surface area contributed by atoms with Crippen LogP contribution < -0.4 is 0 Å². The zero-order valence-corrected chi connectivity index (χ0v) is 10.5. The molecular weight excluding hydrogens is 258 g/mol. The van der Waals surface area contributed by atoms with E-state index in [1.54, 1.807) is 13.1 Å². The van der Waals surface area contributed by atoms with Crippen LogP contribution in [0.3, 0.4) is 0 Å². The van der Waals surface area contributed by atoms with Gasteiger partial charge in [0, 0.05) is 18.7 Å². The molecule has 6 heteroatoms. The molecule has 1 aliphatic heterocycles. The van der Waals surface area contributed by atoms with E-state index in [1.165, 1.54) is 34.9 Å². The second kappa shape index (κ2) is 4.38. The lowest BCUT2D eigenvalue weighted by atomic mass is 10.1. The van der Waals surface area contributed by atoms with E-state index in [2.05, 4.69) is 0 Å². The van der Waals surface area contributed by atoms with Crippen molar-refractivity contribution in [2.75, 3.05) is 7.05 Å². The minimum atomic E-state index is -0.188. The van der Waals surface area contributed by atoms with E-state index in [4.69, 9.17) is 17.3 Å². The fourth-order valence-electron chi connectivity index (χ4n) is 1.34. The largest absolute Gasteiger partial charge is 0.508 e. The molecule has 1 amide bonds. The molecule has 2 rings (SSSR count). The molecular formula is C11H9NO3S2. The van der Waals surface area contributed by atoms with E-state index in [0.717, 1.165) is 0 Å². The van der Waals surface area contributed by atoms with Crippen molar-refractivity contribution in [1.29, 1.82) is 0 Å². The zero-order valence-electron chi connectivity index (χ0n) is 8.88. The standard InChI is InChI=1S/C11H9NO3S2/c1-12-10(15)9(17-11(12)16)4-6-2-3-7(13)5-8(6)14/h2-5,13-14H,1H3.